The molecule has 2 rings (SSSR count). The van der Waals surface area contributed by atoms with Gasteiger partial charge in [0.1, 0.15) is 23.1 Å². The Labute approximate surface area is 134 Å². The minimum absolute atomic E-state index is 0.0261. The van der Waals surface area contributed by atoms with Gasteiger partial charge in [-0.05, 0) is 35.2 Å². The van der Waals surface area contributed by atoms with Crippen molar-refractivity contribution in [1.29, 1.82) is 0 Å². The number of nitrogens with one attached hydrogen (secondary N) is 1. The van der Waals surface area contributed by atoms with Crippen LogP contribution in [0.3, 0.4) is 0 Å². The molecule has 2 aromatic rings. The van der Waals surface area contributed by atoms with Crippen LogP contribution in [0.2, 0.25) is 0 Å². The molecule has 5 heteroatoms. The maximum Gasteiger partial charge on any atom is 0.262 e. The summed E-state index contributed by atoms with van der Waals surface area (Å²) in [6.45, 7) is 5.96. The van der Waals surface area contributed by atoms with Gasteiger partial charge in [-0.3, -0.25) is 4.79 Å². The molecule has 0 aromatic heterocycles. The molecule has 0 heterocycles. The molecule has 0 spiro atoms. The standard InChI is InChI=1S/C18H19F2NO2/c1-18(2,3)12-7-9-13(10-8-12)23-11-16(22)21-17-14(19)5-4-6-15(17)20/h4-10H,11H2,1-3H3,(H,21,22). The van der Waals surface area contributed by atoms with Crippen LogP contribution in [-0.4, -0.2) is 12.5 Å². The van der Waals surface area contributed by atoms with Crippen LogP contribution in [0, 0.1) is 11.6 Å². The van der Waals surface area contributed by atoms with E-state index >= 15 is 0 Å². The van der Waals surface area contributed by atoms with Gasteiger partial charge in [-0.15, -0.1) is 0 Å². The maximum atomic E-state index is 13.4. The zero-order valence-electron chi connectivity index (χ0n) is 13.3. The molecule has 0 atom stereocenters. The van der Waals surface area contributed by atoms with Gasteiger partial charge >= 0.3 is 0 Å². The number of carbonyl (C=O) groups excluding carboxylic acids is 1. The van der Waals surface area contributed by atoms with Gasteiger partial charge in [-0.1, -0.05) is 39.0 Å². The van der Waals surface area contributed by atoms with Crippen LogP contribution in [0.25, 0.3) is 0 Å². The number of halogens is 2. The summed E-state index contributed by atoms with van der Waals surface area (Å²) in [5.74, 6) is -1.77. The minimum atomic E-state index is -0.826. The lowest BCUT2D eigenvalue weighted by Crippen LogP contribution is -2.21. The highest BCUT2D eigenvalue weighted by molar-refractivity contribution is 5.92. The quantitative estimate of drug-likeness (QED) is 0.913. The van der Waals surface area contributed by atoms with Crippen molar-refractivity contribution in [3.05, 3.63) is 59.7 Å². The Balaban J connectivity index is 1.94. The molecule has 122 valence electrons. The normalized spacial score (nSPS) is 11.2. The van der Waals surface area contributed by atoms with Crippen molar-refractivity contribution in [3.8, 4) is 5.75 Å². The van der Waals surface area contributed by atoms with Crippen molar-refractivity contribution in [3.63, 3.8) is 0 Å². The van der Waals surface area contributed by atoms with E-state index in [0.717, 1.165) is 17.7 Å². The second-order valence-electron chi connectivity index (χ2n) is 6.21. The van der Waals surface area contributed by atoms with Crippen molar-refractivity contribution in [1.82, 2.24) is 0 Å². The Morgan fingerprint density at radius 3 is 2.13 bits per heavy atom. The molecule has 2 aromatic carbocycles. The van der Waals surface area contributed by atoms with E-state index in [1.165, 1.54) is 6.07 Å². The molecule has 1 amide bonds. The Bertz CT molecular complexity index is 671. The van der Waals surface area contributed by atoms with E-state index < -0.39 is 23.2 Å². The van der Waals surface area contributed by atoms with E-state index in [9.17, 15) is 13.6 Å². The first-order valence-corrected chi connectivity index (χ1v) is 7.24. The molecule has 0 saturated carbocycles. The summed E-state index contributed by atoms with van der Waals surface area (Å²) in [4.78, 5) is 11.7. The average molecular weight is 319 g/mol. The highest BCUT2D eigenvalue weighted by atomic mass is 19.1. The van der Waals surface area contributed by atoms with Gasteiger partial charge < -0.3 is 10.1 Å². The highest BCUT2D eigenvalue weighted by Gasteiger charge is 2.14. The number of rotatable bonds is 4. The molecular formula is C18H19F2NO2. The first-order valence-electron chi connectivity index (χ1n) is 7.24. The van der Waals surface area contributed by atoms with Crippen molar-refractivity contribution < 1.29 is 18.3 Å². The Kier molecular flexibility index (Phi) is 4.98. The Hall–Kier alpha value is -2.43. The molecular weight excluding hydrogens is 300 g/mol. The first-order chi connectivity index (χ1) is 10.8. The SMILES string of the molecule is CC(C)(C)c1ccc(OCC(=O)Nc2c(F)cccc2F)cc1. The smallest absolute Gasteiger partial charge is 0.262 e. The van der Waals surface area contributed by atoms with Gasteiger partial charge in [0.2, 0.25) is 0 Å². The Morgan fingerprint density at radius 1 is 1.04 bits per heavy atom. The van der Waals surface area contributed by atoms with Crippen LogP contribution in [0.4, 0.5) is 14.5 Å². The van der Waals surface area contributed by atoms with E-state index in [1.54, 1.807) is 12.1 Å². The van der Waals surface area contributed by atoms with Crippen LogP contribution in [0.5, 0.6) is 5.75 Å². The molecule has 3 nitrogen and oxygen atoms in total. The van der Waals surface area contributed by atoms with E-state index in [1.807, 2.05) is 12.1 Å². The second-order valence-corrected chi connectivity index (χ2v) is 6.21. The summed E-state index contributed by atoms with van der Waals surface area (Å²) in [6, 6.07) is 10.7. The van der Waals surface area contributed by atoms with Crippen LogP contribution < -0.4 is 10.1 Å². The summed E-state index contributed by atoms with van der Waals surface area (Å²) in [5.41, 5.74) is 0.699. The summed E-state index contributed by atoms with van der Waals surface area (Å²) in [7, 11) is 0. The lowest BCUT2D eigenvalue weighted by molar-refractivity contribution is -0.118. The highest BCUT2D eigenvalue weighted by Crippen LogP contribution is 2.24. The fourth-order valence-electron chi connectivity index (χ4n) is 1.99. The van der Waals surface area contributed by atoms with Crippen molar-refractivity contribution in [2.75, 3.05) is 11.9 Å². The van der Waals surface area contributed by atoms with E-state index in [2.05, 4.69) is 26.1 Å². The zero-order chi connectivity index (χ0) is 17.0. The van der Waals surface area contributed by atoms with Crippen molar-refractivity contribution in [2.45, 2.75) is 26.2 Å². The maximum absolute atomic E-state index is 13.4. The number of para-hydroxylation sites is 1. The molecule has 0 fully saturated rings. The number of anilines is 1. The van der Waals surface area contributed by atoms with Crippen LogP contribution in [0.15, 0.2) is 42.5 Å². The Morgan fingerprint density at radius 2 is 1.61 bits per heavy atom. The molecule has 0 aliphatic rings. The van der Waals surface area contributed by atoms with E-state index in [0.29, 0.717) is 5.75 Å². The van der Waals surface area contributed by atoms with Gasteiger partial charge in [0.25, 0.3) is 5.91 Å². The molecule has 23 heavy (non-hydrogen) atoms. The van der Waals surface area contributed by atoms with E-state index in [4.69, 9.17) is 4.74 Å². The van der Waals surface area contributed by atoms with Gasteiger partial charge in [-0.2, -0.15) is 0 Å². The number of carbonyl (C=O) groups is 1. The minimum Gasteiger partial charge on any atom is -0.484 e. The first kappa shape index (κ1) is 16.9. The number of amides is 1. The molecule has 0 bridgehead atoms. The van der Waals surface area contributed by atoms with Crippen LogP contribution in [0.1, 0.15) is 26.3 Å². The summed E-state index contributed by atoms with van der Waals surface area (Å²) in [5, 5.41) is 2.17. The van der Waals surface area contributed by atoms with E-state index in [-0.39, 0.29) is 12.0 Å². The van der Waals surface area contributed by atoms with Gasteiger partial charge in [0, 0.05) is 0 Å². The second kappa shape index (κ2) is 6.77. The fraction of sp³-hybridized carbons (Fsp3) is 0.278. The largest absolute Gasteiger partial charge is 0.484 e. The van der Waals surface area contributed by atoms with Gasteiger partial charge in [0.15, 0.2) is 6.61 Å². The summed E-state index contributed by atoms with van der Waals surface area (Å²) < 4.78 is 32.2. The molecule has 0 aliphatic carbocycles. The molecule has 1 N–H and O–H groups in total. The monoisotopic (exact) mass is 319 g/mol. The number of benzene rings is 2. The summed E-state index contributed by atoms with van der Waals surface area (Å²) in [6.07, 6.45) is 0. The topological polar surface area (TPSA) is 38.3 Å². The number of ether oxygens (including phenoxy) is 1. The third-order valence-corrected chi connectivity index (χ3v) is 3.32. The lowest BCUT2D eigenvalue weighted by atomic mass is 9.87. The van der Waals surface area contributed by atoms with Crippen molar-refractivity contribution >= 4 is 11.6 Å². The van der Waals surface area contributed by atoms with Crippen molar-refractivity contribution in [2.24, 2.45) is 0 Å². The number of hydrogen-bond acceptors (Lipinski definition) is 2. The summed E-state index contributed by atoms with van der Waals surface area (Å²) >= 11 is 0. The van der Waals surface area contributed by atoms with Crippen LogP contribution in [-0.2, 0) is 10.2 Å². The third-order valence-electron chi connectivity index (χ3n) is 3.32. The predicted octanol–water partition coefficient (Wildman–Crippen LogP) is 4.28. The van der Waals surface area contributed by atoms with Gasteiger partial charge in [-0.25, -0.2) is 8.78 Å². The fourth-order valence-corrected chi connectivity index (χ4v) is 1.99. The van der Waals surface area contributed by atoms with Crippen LogP contribution >= 0.6 is 0 Å². The average Bonchev–Trinajstić information content (AvgIpc) is 2.48. The zero-order valence-corrected chi connectivity index (χ0v) is 13.3. The lowest BCUT2D eigenvalue weighted by Gasteiger charge is -2.19. The van der Waals surface area contributed by atoms with Gasteiger partial charge in [0.05, 0.1) is 0 Å². The molecule has 0 unspecified atom stereocenters. The molecule has 0 saturated heterocycles. The number of hydrogen-bond donors (Lipinski definition) is 1. The molecule has 0 aliphatic heterocycles. The predicted molar refractivity (Wildman–Crippen MR) is 85.6 cm³/mol. The molecule has 0 radical (unpaired) electrons. The third kappa shape index (κ3) is 4.52.